The third kappa shape index (κ3) is 2.94. The quantitative estimate of drug-likeness (QED) is 0.585. The van der Waals surface area contributed by atoms with Crippen molar-refractivity contribution in [3.8, 4) is 10.6 Å². The van der Waals surface area contributed by atoms with E-state index in [4.69, 9.17) is 4.98 Å². The molecule has 1 N–H and O–H groups in total. The Labute approximate surface area is 152 Å². The maximum Gasteiger partial charge on any atom is 0.258 e. The van der Waals surface area contributed by atoms with Gasteiger partial charge in [-0.25, -0.2) is 14.6 Å². The number of amides is 1. The minimum atomic E-state index is -0.199. The third-order valence-electron chi connectivity index (χ3n) is 3.77. The molecule has 0 fully saturated rings. The predicted molar refractivity (Wildman–Crippen MR) is 101 cm³/mol. The lowest BCUT2D eigenvalue weighted by Crippen LogP contribution is -2.13. The van der Waals surface area contributed by atoms with Gasteiger partial charge >= 0.3 is 0 Å². The highest BCUT2D eigenvalue weighted by molar-refractivity contribution is 7.15. The Hall–Kier alpha value is -2.58. The van der Waals surface area contributed by atoms with E-state index in [1.54, 1.807) is 28.4 Å². The monoisotopic (exact) mass is 369 g/mol. The highest BCUT2D eigenvalue weighted by Gasteiger charge is 2.18. The van der Waals surface area contributed by atoms with E-state index >= 15 is 0 Å². The molecule has 0 aliphatic rings. The molecule has 0 unspecified atom stereocenters. The molecule has 0 bridgehead atoms. The summed E-state index contributed by atoms with van der Waals surface area (Å²) in [6.07, 6.45) is 3.45. The second-order valence-electron chi connectivity index (χ2n) is 5.46. The summed E-state index contributed by atoms with van der Waals surface area (Å²) in [4.78, 5) is 23.8. The average molecular weight is 369 g/mol. The zero-order chi connectivity index (χ0) is 17.4. The molecule has 25 heavy (non-hydrogen) atoms. The number of pyridine rings is 1. The van der Waals surface area contributed by atoms with E-state index in [2.05, 4.69) is 15.4 Å². The number of hydrogen-bond acceptors (Lipinski definition) is 6. The summed E-state index contributed by atoms with van der Waals surface area (Å²) in [6.45, 7) is 4.65. The summed E-state index contributed by atoms with van der Waals surface area (Å²) in [5.74, 6) is -0.199. The van der Waals surface area contributed by atoms with Crippen LogP contribution in [0.5, 0.6) is 0 Å². The molecule has 0 radical (unpaired) electrons. The molecule has 0 aromatic carbocycles. The van der Waals surface area contributed by atoms with Crippen LogP contribution in [0.3, 0.4) is 0 Å². The van der Waals surface area contributed by atoms with Crippen molar-refractivity contribution in [1.29, 1.82) is 0 Å². The van der Waals surface area contributed by atoms with E-state index in [1.807, 2.05) is 37.4 Å². The van der Waals surface area contributed by atoms with E-state index in [9.17, 15) is 4.79 Å². The minimum Gasteiger partial charge on any atom is -0.298 e. The Morgan fingerprint density at radius 3 is 2.92 bits per heavy atom. The molecular formula is C17H15N5OS2. The van der Waals surface area contributed by atoms with E-state index < -0.39 is 0 Å². The molecule has 4 heterocycles. The van der Waals surface area contributed by atoms with Crippen molar-refractivity contribution < 1.29 is 4.79 Å². The first-order valence-electron chi connectivity index (χ1n) is 7.80. The number of nitrogens with zero attached hydrogens (tertiary/aromatic N) is 4. The van der Waals surface area contributed by atoms with Crippen molar-refractivity contribution in [1.82, 2.24) is 19.7 Å². The molecule has 8 heteroatoms. The second kappa shape index (κ2) is 6.38. The summed E-state index contributed by atoms with van der Waals surface area (Å²) in [5.41, 5.74) is 2.05. The summed E-state index contributed by atoms with van der Waals surface area (Å²) >= 11 is 3.04. The second-order valence-corrected chi connectivity index (χ2v) is 7.64. The van der Waals surface area contributed by atoms with Crippen LogP contribution < -0.4 is 5.32 Å². The van der Waals surface area contributed by atoms with Crippen molar-refractivity contribution in [2.24, 2.45) is 0 Å². The lowest BCUT2D eigenvalue weighted by atomic mass is 10.1. The van der Waals surface area contributed by atoms with Gasteiger partial charge in [0.25, 0.3) is 5.91 Å². The van der Waals surface area contributed by atoms with E-state index in [0.717, 1.165) is 20.8 Å². The zero-order valence-electron chi connectivity index (χ0n) is 13.7. The number of thiophene rings is 1. The number of carbonyl (C=O) groups is 1. The van der Waals surface area contributed by atoms with Crippen molar-refractivity contribution in [3.05, 3.63) is 46.4 Å². The first-order chi connectivity index (χ1) is 12.2. The fraction of sp³-hybridized carbons (Fsp3) is 0.176. The predicted octanol–water partition coefficient (Wildman–Crippen LogP) is 4.20. The fourth-order valence-electron chi connectivity index (χ4n) is 2.59. The van der Waals surface area contributed by atoms with Crippen LogP contribution >= 0.6 is 22.7 Å². The summed E-state index contributed by atoms with van der Waals surface area (Å²) < 4.78 is 1.80. The normalized spacial score (nSPS) is 11.1. The molecule has 0 aliphatic heterocycles. The van der Waals surface area contributed by atoms with Gasteiger partial charge < -0.3 is 0 Å². The molecule has 1 amide bonds. The van der Waals surface area contributed by atoms with E-state index in [1.165, 1.54) is 11.3 Å². The van der Waals surface area contributed by atoms with Gasteiger partial charge in [0.1, 0.15) is 0 Å². The van der Waals surface area contributed by atoms with Crippen molar-refractivity contribution in [2.45, 2.75) is 20.4 Å². The van der Waals surface area contributed by atoms with Gasteiger partial charge in [-0.05, 0) is 31.4 Å². The summed E-state index contributed by atoms with van der Waals surface area (Å²) in [5, 5.41) is 10.6. The smallest absolute Gasteiger partial charge is 0.258 e. The Balaban J connectivity index is 1.83. The SMILES string of the molecule is CCn1ncc2c(C(=O)Nc3ncc(C)s3)cc(-c3cccs3)nc21. The number of aromatic nitrogens is 4. The number of fused-ring (bicyclic) bond motifs is 1. The van der Waals surface area contributed by atoms with Crippen LogP contribution in [0.15, 0.2) is 36.0 Å². The third-order valence-corrected chi connectivity index (χ3v) is 5.49. The molecule has 4 rings (SSSR count). The molecule has 4 aromatic rings. The molecule has 4 aromatic heterocycles. The van der Waals surface area contributed by atoms with Crippen molar-refractivity contribution >= 4 is 44.7 Å². The highest BCUT2D eigenvalue weighted by Crippen LogP contribution is 2.28. The van der Waals surface area contributed by atoms with Crippen LogP contribution in [0.1, 0.15) is 22.2 Å². The van der Waals surface area contributed by atoms with Crippen LogP contribution in [0.25, 0.3) is 21.6 Å². The molecule has 0 atom stereocenters. The number of thiazole rings is 1. The topological polar surface area (TPSA) is 72.7 Å². The largest absolute Gasteiger partial charge is 0.298 e. The van der Waals surface area contributed by atoms with Crippen LogP contribution in [0.4, 0.5) is 5.13 Å². The number of aryl methyl sites for hydroxylation is 2. The number of anilines is 1. The van der Waals surface area contributed by atoms with Crippen LogP contribution in [0.2, 0.25) is 0 Å². The van der Waals surface area contributed by atoms with Gasteiger partial charge in [0, 0.05) is 17.6 Å². The standard InChI is InChI=1S/C17H15N5OS2/c1-3-22-15-12(9-19-22)11(7-13(20-15)14-5-4-6-24-14)16(23)21-17-18-8-10(2)25-17/h4-9H,3H2,1-2H3,(H,18,21,23). The molecule has 6 nitrogen and oxygen atoms in total. The lowest BCUT2D eigenvalue weighted by molar-refractivity contribution is 0.102. The molecule has 126 valence electrons. The first-order valence-corrected chi connectivity index (χ1v) is 9.49. The van der Waals surface area contributed by atoms with Crippen molar-refractivity contribution in [3.63, 3.8) is 0 Å². The lowest BCUT2D eigenvalue weighted by Gasteiger charge is -2.07. The van der Waals surface area contributed by atoms with Gasteiger partial charge in [-0.1, -0.05) is 6.07 Å². The number of hydrogen-bond donors (Lipinski definition) is 1. The Bertz CT molecular complexity index is 1050. The van der Waals surface area contributed by atoms with Crippen LogP contribution in [0, 0.1) is 6.92 Å². The van der Waals surface area contributed by atoms with E-state index in [0.29, 0.717) is 22.9 Å². The molecule has 0 aliphatic carbocycles. The fourth-order valence-corrected chi connectivity index (χ4v) is 3.94. The number of rotatable bonds is 4. The number of carbonyl (C=O) groups excluding carboxylic acids is 1. The molecule has 0 saturated heterocycles. The van der Waals surface area contributed by atoms with Gasteiger partial charge in [-0.3, -0.25) is 10.1 Å². The van der Waals surface area contributed by atoms with Crippen LogP contribution in [-0.2, 0) is 6.54 Å². The Morgan fingerprint density at radius 1 is 1.36 bits per heavy atom. The van der Waals surface area contributed by atoms with Crippen molar-refractivity contribution in [2.75, 3.05) is 5.32 Å². The molecular weight excluding hydrogens is 354 g/mol. The maximum absolute atomic E-state index is 12.9. The highest BCUT2D eigenvalue weighted by atomic mass is 32.1. The van der Waals surface area contributed by atoms with E-state index in [-0.39, 0.29) is 5.91 Å². The summed E-state index contributed by atoms with van der Waals surface area (Å²) in [7, 11) is 0. The first kappa shape index (κ1) is 15.9. The molecule has 0 saturated carbocycles. The maximum atomic E-state index is 12.9. The van der Waals surface area contributed by atoms with Gasteiger partial charge in [-0.15, -0.1) is 22.7 Å². The van der Waals surface area contributed by atoms with Gasteiger partial charge in [0.15, 0.2) is 10.8 Å². The van der Waals surface area contributed by atoms with Crippen LogP contribution in [-0.4, -0.2) is 25.7 Å². The average Bonchev–Trinajstić information content (AvgIpc) is 3.34. The summed E-state index contributed by atoms with van der Waals surface area (Å²) in [6, 6.07) is 5.80. The Kier molecular flexibility index (Phi) is 4.06. The van der Waals surface area contributed by atoms with Gasteiger partial charge in [0.05, 0.1) is 27.7 Å². The minimum absolute atomic E-state index is 0.199. The zero-order valence-corrected chi connectivity index (χ0v) is 15.3. The van der Waals surface area contributed by atoms with Gasteiger partial charge in [-0.2, -0.15) is 5.10 Å². The molecule has 0 spiro atoms. The number of nitrogens with one attached hydrogen (secondary N) is 1. The Morgan fingerprint density at radius 2 is 2.24 bits per heavy atom. The van der Waals surface area contributed by atoms with Gasteiger partial charge in [0.2, 0.25) is 0 Å².